The van der Waals surface area contributed by atoms with Crippen LogP contribution in [-0.4, -0.2) is 36.1 Å². The predicted molar refractivity (Wildman–Crippen MR) is 68.7 cm³/mol. The molecule has 0 amide bonds. The molecule has 2 rings (SSSR count). The summed E-state index contributed by atoms with van der Waals surface area (Å²) in [7, 11) is 0. The van der Waals surface area contributed by atoms with E-state index in [2.05, 4.69) is 27.5 Å². The van der Waals surface area contributed by atoms with Gasteiger partial charge in [0.25, 0.3) is 0 Å². The van der Waals surface area contributed by atoms with Crippen LogP contribution in [-0.2, 0) is 6.54 Å². The highest BCUT2D eigenvalue weighted by Gasteiger charge is 2.16. The lowest BCUT2D eigenvalue weighted by molar-refractivity contribution is 0.207. The van der Waals surface area contributed by atoms with Gasteiger partial charge in [0, 0.05) is 18.1 Å². The summed E-state index contributed by atoms with van der Waals surface area (Å²) in [4.78, 5) is 6.88. The number of nitrogens with one attached hydrogen (secondary N) is 1. The molecule has 90 valence electrons. The van der Waals surface area contributed by atoms with Crippen LogP contribution in [0.5, 0.6) is 0 Å². The zero-order valence-corrected chi connectivity index (χ0v) is 10.8. The van der Waals surface area contributed by atoms with Crippen molar-refractivity contribution in [2.24, 2.45) is 5.92 Å². The quantitative estimate of drug-likeness (QED) is 0.851. The third kappa shape index (κ3) is 3.54. The Hall–Kier alpha value is -0.450. The Balaban J connectivity index is 1.80. The maximum atomic E-state index is 4.36. The SMILES string of the molecule is CCN(Cc1nccs1)CC1CCNCC1. The molecule has 4 heteroatoms. The molecule has 0 bridgehead atoms. The van der Waals surface area contributed by atoms with Crippen molar-refractivity contribution in [1.29, 1.82) is 0 Å². The molecular formula is C12H21N3S. The normalized spacial score (nSPS) is 18.1. The minimum absolute atomic E-state index is 0.876. The van der Waals surface area contributed by atoms with Crippen LogP contribution in [0.4, 0.5) is 0 Å². The van der Waals surface area contributed by atoms with Crippen molar-refractivity contribution in [3.05, 3.63) is 16.6 Å². The largest absolute Gasteiger partial charge is 0.317 e. The minimum atomic E-state index is 0.876. The summed E-state index contributed by atoms with van der Waals surface area (Å²) in [6.45, 7) is 8.02. The van der Waals surface area contributed by atoms with Gasteiger partial charge in [-0.25, -0.2) is 4.98 Å². The Kier molecular flexibility index (Phi) is 4.75. The van der Waals surface area contributed by atoms with Gasteiger partial charge in [0.1, 0.15) is 5.01 Å². The highest BCUT2D eigenvalue weighted by Crippen LogP contribution is 2.15. The van der Waals surface area contributed by atoms with E-state index >= 15 is 0 Å². The molecule has 1 aromatic rings. The lowest BCUT2D eigenvalue weighted by Crippen LogP contribution is -2.35. The van der Waals surface area contributed by atoms with Crippen molar-refractivity contribution in [2.45, 2.75) is 26.3 Å². The first-order valence-corrected chi connectivity index (χ1v) is 7.08. The van der Waals surface area contributed by atoms with Crippen LogP contribution >= 0.6 is 11.3 Å². The number of thiazole rings is 1. The first-order chi connectivity index (χ1) is 7.88. The van der Waals surface area contributed by atoms with Gasteiger partial charge in [-0.3, -0.25) is 4.90 Å². The molecule has 0 saturated carbocycles. The van der Waals surface area contributed by atoms with Gasteiger partial charge in [0.15, 0.2) is 0 Å². The molecule has 0 aliphatic carbocycles. The van der Waals surface area contributed by atoms with E-state index in [9.17, 15) is 0 Å². The zero-order chi connectivity index (χ0) is 11.2. The molecule has 0 radical (unpaired) electrons. The molecule has 3 nitrogen and oxygen atoms in total. The van der Waals surface area contributed by atoms with Crippen LogP contribution < -0.4 is 5.32 Å². The minimum Gasteiger partial charge on any atom is -0.317 e. The second-order valence-corrected chi connectivity index (χ2v) is 5.43. The topological polar surface area (TPSA) is 28.2 Å². The van der Waals surface area contributed by atoms with Crippen LogP contribution in [0.25, 0.3) is 0 Å². The molecule has 1 aromatic heterocycles. The predicted octanol–water partition coefficient (Wildman–Crippen LogP) is 1.96. The van der Waals surface area contributed by atoms with Crippen LogP contribution in [0.3, 0.4) is 0 Å². The van der Waals surface area contributed by atoms with Gasteiger partial charge in [-0.15, -0.1) is 11.3 Å². The summed E-state index contributed by atoms with van der Waals surface area (Å²) in [5, 5.41) is 6.73. The average molecular weight is 239 g/mol. The Morgan fingerprint density at radius 1 is 1.50 bits per heavy atom. The fourth-order valence-electron chi connectivity index (χ4n) is 2.26. The third-order valence-corrected chi connectivity index (χ3v) is 4.03. The highest BCUT2D eigenvalue weighted by atomic mass is 32.1. The van der Waals surface area contributed by atoms with E-state index in [0.717, 1.165) is 19.0 Å². The monoisotopic (exact) mass is 239 g/mol. The van der Waals surface area contributed by atoms with Crippen molar-refractivity contribution >= 4 is 11.3 Å². The molecule has 1 aliphatic heterocycles. The van der Waals surface area contributed by atoms with Gasteiger partial charge in [-0.1, -0.05) is 6.92 Å². The molecule has 0 unspecified atom stereocenters. The number of hydrogen-bond donors (Lipinski definition) is 1. The summed E-state index contributed by atoms with van der Waals surface area (Å²) < 4.78 is 0. The smallest absolute Gasteiger partial charge is 0.107 e. The van der Waals surface area contributed by atoms with Gasteiger partial charge in [-0.2, -0.15) is 0 Å². The molecule has 1 N–H and O–H groups in total. The molecule has 2 heterocycles. The number of rotatable bonds is 5. The van der Waals surface area contributed by atoms with Gasteiger partial charge >= 0.3 is 0 Å². The van der Waals surface area contributed by atoms with Crippen molar-refractivity contribution in [1.82, 2.24) is 15.2 Å². The molecule has 0 spiro atoms. The second-order valence-electron chi connectivity index (χ2n) is 4.45. The van der Waals surface area contributed by atoms with Crippen molar-refractivity contribution in [3.8, 4) is 0 Å². The third-order valence-electron chi connectivity index (χ3n) is 3.26. The van der Waals surface area contributed by atoms with E-state index in [-0.39, 0.29) is 0 Å². The van der Waals surface area contributed by atoms with Gasteiger partial charge in [0.2, 0.25) is 0 Å². The maximum absolute atomic E-state index is 4.36. The van der Waals surface area contributed by atoms with Crippen molar-refractivity contribution < 1.29 is 0 Å². The highest BCUT2D eigenvalue weighted by molar-refractivity contribution is 7.09. The van der Waals surface area contributed by atoms with E-state index in [1.54, 1.807) is 11.3 Å². The Bertz CT molecular complexity index is 280. The van der Waals surface area contributed by atoms with E-state index in [4.69, 9.17) is 0 Å². The van der Waals surface area contributed by atoms with E-state index in [1.165, 1.54) is 37.5 Å². The van der Waals surface area contributed by atoms with Crippen molar-refractivity contribution in [2.75, 3.05) is 26.2 Å². The number of hydrogen-bond acceptors (Lipinski definition) is 4. The molecule has 1 aliphatic rings. The van der Waals surface area contributed by atoms with E-state index in [0.29, 0.717) is 0 Å². The Morgan fingerprint density at radius 2 is 2.31 bits per heavy atom. The van der Waals surface area contributed by atoms with Crippen LogP contribution in [0.1, 0.15) is 24.8 Å². The first kappa shape index (κ1) is 12.0. The van der Waals surface area contributed by atoms with Crippen LogP contribution in [0, 0.1) is 5.92 Å². The number of piperidine rings is 1. The molecular weight excluding hydrogens is 218 g/mol. The number of aromatic nitrogens is 1. The average Bonchev–Trinajstić information content (AvgIpc) is 2.82. The maximum Gasteiger partial charge on any atom is 0.107 e. The molecule has 1 saturated heterocycles. The van der Waals surface area contributed by atoms with Gasteiger partial charge < -0.3 is 5.32 Å². The van der Waals surface area contributed by atoms with E-state index in [1.807, 2.05) is 6.20 Å². The summed E-state index contributed by atoms with van der Waals surface area (Å²) in [6.07, 6.45) is 4.56. The summed E-state index contributed by atoms with van der Waals surface area (Å²) in [5.74, 6) is 0.876. The fraction of sp³-hybridized carbons (Fsp3) is 0.750. The Labute approximate surface area is 102 Å². The lowest BCUT2D eigenvalue weighted by atomic mass is 9.97. The van der Waals surface area contributed by atoms with Crippen LogP contribution in [0.2, 0.25) is 0 Å². The van der Waals surface area contributed by atoms with Gasteiger partial charge in [0.05, 0.1) is 6.54 Å². The van der Waals surface area contributed by atoms with Gasteiger partial charge in [-0.05, 0) is 38.4 Å². The summed E-state index contributed by atoms with van der Waals surface area (Å²) in [5.41, 5.74) is 0. The fourth-order valence-corrected chi connectivity index (χ4v) is 2.91. The summed E-state index contributed by atoms with van der Waals surface area (Å²) in [6, 6.07) is 0. The summed E-state index contributed by atoms with van der Waals surface area (Å²) >= 11 is 1.76. The Morgan fingerprint density at radius 3 is 2.94 bits per heavy atom. The lowest BCUT2D eigenvalue weighted by Gasteiger charge is -2.28. The first-order valence-electron chi connectivity index (χ1n) is 6.20. The molecule has 0 atom stereocenters. The zero-order valence-electron chi connectivity index (χ0n) is 9.98. The second kappa shape index (κ2) is 6.33. The molecule has 0 aromatic carbocycles. The molecule has 16 heavy (non-hydrogen) atoms. The molecule has 1 fully saturated rings. The van der Waals surface area contributed by atoms with E-state index < -0.39 is 0 Å². The van der Waals surface area contributed by atoms with Crippen LogP contribution in [0.15, 0.2) is 11.6 Å². The van der Waals surface area contributed by atoms with Crippen molar-refractivity contribution in [3.63, 3.8) is 0 Å². The standard InChI is InChI=1S/C12H21N3S/c1-2-15(10-12-14-7-8-16-12)9-11-3-5-13-6-4-11/h7-8,11,13H,2-6,9-10H2,1H3. The number of nitrogens with zero attached hydrogens (tertiary/aromatic N) is 2.